The van der Waals surface area contributed by atoms with Crippen molar-refractivity contribution in [2.75, 3.05) is 26.7 Å². The van der Waals surface area contributed by atoms with Crippen molar-refractivity contribution in [2.45, 2.75) is 38.3 Å². The Kier molecular flexibility index (Phi) is 6.27. The highest BCUT2D eigenvalue weighted by molar-refractivity contribution is 5.77. The predicted molar refractivity (Wildman–Crippen MR) is 87.7 cm³/mol. The number of amides is 1. The molecule has 1 atom stereocenters. The topological polar surface area (TPSA) is 32.3 Å². The van der Waals surface area contributed by atoms with E-state index in [1.807, 2.05) is 18.9 Å². The van der Waals surface area contributed by atoms with Crippen molar-refractivity contribution in [1.29, 1.82) is 0 Å². The van der Waals surface area contributed by atoms with Crippen LogP contribution in [0.3, 0.4) is 0 Å². The lowest BCUT2D eigenvalue weighted by Gasteiger charge is -2.32. The van der Waals surface area contributed by atoms with Crippen molar-refractivity contribution in [3.63, 3.8) is 0 Å². The number of piperidine rings is 1. The maximum atomic E-state index is 12.6. The van der Waals surface area contributed by atoms with E-state index in [9.17, 15) is 18.0 Å². The fourth-order valence-corrected chi connectivity index (χ4v) is 3.18. The molecular weight excluding hydrogens is 317 g/mol. The summed E-state index contributed by atoms with van der Waals surface area (Å²) in [6, 6.07) is 5.11. The van der Waals surface area contributed by atoms with Crippen LogP contribution in [0.25, 0.3) is 0 Å². The number of nitrogens with zero attached hydrogens (tertiary/aromatic N) is 1. The van der Waals surface area contributed by atoms with Crippen LogP contribution in [-0.2, 0) is 11.0 Å². The van der Waals surface area contributed by atoms with Crippen LogP contribution >= 0.6 is 0 Å². The Hall–Kier alpha value is -1.56. The number of hydrogen-bond acceptors (Lipinski definition) is 2. The van der Waals surface area contributed by atoms with Gasteiger partial charge in [-0.15, -0.1) is 0 Å². The first kappa shape index (κ1) is 18.8. The second-order valence-corrected chi connectivity index (χ2v) is 6.61. The van der Waals surface area contributed by atoms with E-state index in [2.05, 4.69) is 5.32 Å². The van der Waals surface area contributed by atoms with Gasteiger partial charge in [0.1, 0.15) is 0 Å². The van der Waals surface area contributed by atoms with Gasteiger partial charge in [0.2, 0.25) is 5.91 Å². The molecule has 6 heteroatoms. The molecule has 1 aromatic rings. The summed E-state index contributed by atoms with van der Waals surface area (Å²) in [5.41, 5.74) is 0.109. The third-order valence-electron chi connectivity index (χ3n) is 4.75. The van der Waals surface area contributed by atoms with Crippen molar-refractivity contribution >= 4 is 5.91 Å². The van der Waals surface area contributed by atoms with Gasteiger partial charge in [-0.05, 0) is 56.0 Å². The summed E-state index contributed by atoms with van der Waals surface area (Å²) in [7, 11) is 1.93. The highest BCUT2D eigenvalue weighted by Crippen LogP contribution is 2.31. The van der Waals surface area contributed by atoms with Crippen LogP contribution in [0, 0.1) is 5.92 Å². The van der Waals surface area contributed by atoms with Crippen LogP contribution in [0.1, 0.15) is 43.2 Å². The van der Waals surface area contributed by atoms with Crippen LogP contribution in [0.4, 0.5) is 13.2 Å². The van der Waals surface area contributed by atoms with E-state index in [1.54, 1.807) is 0 Å². The number of rotatable bonds is 5. The molecule has 0 aromatic heterocycles. The molecule has 1 aliphatic rings. The van der Waals surface area contributed by atoms with Crippen molar-refractivity contribution in [3.8, 4) is 0 Å². The van der Waals surface area contributed by atoms with Gasteiger partial charge in [0.25, 0.3) is 0 Å². The summed E-state index contributed by atoms with van der Waals surface area (Å²) in [5, 5.41) is 3.17. The van der Waals surface area contributed by atoms with E-state index in [1.165, 1.54) is 12.1 Å². The van der Waals surface area contributed by atoms with Gasteiger partial charge in [-0.2, -0.15) is 13.2 Å². The van der Waals surface area contributed by atoms with Crippen LogP contribution in [0.2, 0.25) is 0 Å². The molecule has 0 bridgehead atoms. The summed E-state index contributed by atoms with van der Waals surface area (Å²) in [5.74, 6) is 0.617. The molecule has 0 spiro atoms. The van der Waals surface area contributed by atoms with Crippen LogP contribution in [0.5, 0.6) is 0 Å². The number of halogens is 3. The van der Waals surface area contributed by atoms with E-state index < -0.39 is 11.7 Å². The van der Waals surface area contributed by atoms with Crippen LogP contribution in [-0.4, -0.2) is 37.5 Å². The average Bonchev–Trinajstić information content (AvgIpc) is 2.55. The van der Waals surface area contributed by atoms with Gasteiger partial charge in [-0.3, -0.25) is 4.79 Å². The molecule has 1 heterocycles. The Morgan fingerprint density at radius 1 is 1.25 bits per heavy atom. The lowest BCUT2D eigenvalue weighted by atomic mass is 9.94. The molecule has 1 aliphatic heterocycles. The van der Waals surface area contributed by atoms with Gasteiger partial charge >= 0.3 is 6.18 Å². The Labute approximate surface area is 141 Å². The molecule has 1 unspecified atom stereocenters. The molecule has 2 rings (SSSR count). The third-order valence-corrected chi connectivity index (χ3v) is 4.75. The number of carbonyl (C=O) groups excluding carboxylic acids is 1. The summed E-state index contributed by atoms with van der Waals surface area (Å²) in [4.78, 5) is 14.3. The minimum absolute atomic E-state index is 0.0881. The lowest BCUT2D eigenvalue weighted by molar-refractivity contribution is -0.137. The maximum absolute atomic E-state index is 12.6. The third kappa shape index (κ3) is 4.97. The molecule has 0 aliphatic carbocycles. The number of benzene rings is 1. The molecular formula is C18H25F3N2O. The Bertz CT molecular complexity index is 534. The van der Waals surface area contributed by atoms with E-state index in [-0.39, 0.29) is 11.8 Å². The summed E-state index contributed by atoms with van der Waals surface area (Å²) in [6.07, 6.45) is -1.99. The van der Waals surface area contributed by atoms with Crippen LogP contribution in [0.15, 0.2) is 24.3 Å². The molecule has 1 N–H and O–H groups in total. The molecule has 134 valence electrons. The number of likely N-dealkylation sites (tertiary alicyclic amines) is 1. The van der Waals surface area contributed by atoms with Gasteiger partial charge in [-0.1, -0.05) is 19.1 Å². The first-order valence-corrected chi connectivity index (χ1v) is 8.40. The first-order valence-electron chi connectivity index (χ1n) is 8.40. The molecule has 1 fully saturated rings. The number of alkyl halides is 3. The van der Waals surface area contributed by atoms with Gasteiger partial charge in [0.05, 0.1) is 5.56 Å². The van der Waals surface area contributed by atoms with E-state index in [0.29, 0.717) is 12.3 Å². The van der Waals surface area contributed by atoms with Gasteiger partial charge < -0.3 is 10.2 Å². The Morgan fingerprint density at radius 3 is 2.33 bits per heavy atom. The van der Waals surface area contributed by atoms with E-state index in [4.69, 9.17) is 0 Å². The van der Waals surface area contributed by atoms with Gasteiger partial charge in [-0.25, -0.2) is 0 Å². The smallest absolute Gasteiger partial charge is 0.343 e. The number of hydrogen-bond donors (Lipinski definition) is 1. The lowest BCUT2D eigenvalue weighted by Crippen LogP contribution is -2.40. The average molecular weight is 342 g/mol. The fourth-order valence-electron chi connectivity index (χ4n) is 3.18. The molecule has 1 saturated heterocycles. The monoisotopic (exact) mass is 342 g/mol. The second kappa shape index (κ2) is 8.01. The highest BCUT2D eigenvalue weighted by Gasteiger charge is 2.30. The summed E-state index contributed by atoms with van der Waals surface area (Å²) in [6.45, 7) is 4.40. The molecule has 1 amide bonds. The standard InChI is InChI=1S/C18H25F3N2O/c1-13(15-3-5-16(6-4-15)18(19,20)21)11-17(24)23-9-7-14(8-10-23)12-22-2/h3-6,13-14,22H,7-12H2,1-2H3. The minimum Gasteiger partial charge on any atom is -0.343 e. The summed E-state index contributed by atoms with van der Waals surface area (Å²) >= 11 is 0. The largest absolute Gasteiger partial charge is 0.416 e. The Balaban J connectivity index is 1.88. The second-order valence-electron chi connectivity index (χ2n) is 6.61. The normalized spacial score (nSPS) is 17.8. The SMILES string of the molecule is CNCC1CCN(C(=O)CC(C)c2ccc(C(F)(F)F)cc2)CC1. The number of nitrogens with one attached hydrogen (secondary N) is 1. The fraction of sp³-hybridized carbons (Fsp3) is 0.611. The predicted octanol–water partition coefficient (Wildman–Crippen LogP) is 3.66. The highest BCUT2D eigenvalue weighted by atomic mass is 19.4. The zero-order valence-electron chi connectivity index (χ0n) is 14.2. The molecule has 3 nitrogen and oxygen atoms in total. The number of carbonyl (C=O) groups is 1. The minimum atomic E-state index is -4.32. The van der Waals surface area contributed by atoms with Crippen molar-refractivity contribution in [1.82, 2.24) is 10.2 Å². The van der Waals surface area contributed by atoms with E-state index in [0.717, 1.165) is 50.2 Å². The molecule has 24 heavy (non-hydrogen) atoms. The zero-order chi connectivity index (χ0) is 17.7. The van der Waals surface area contributed by atoms with Crippen LogP contribution < -0.4 is 5.32 Å². The Morgan fingerprint density at radius 2 is 1.83 bits per heavy atom. The van der Waals surface area contributed by atoms with Gasteiger partial charge in [0, 0.05) is 19.5 Å². The van der Waals surface area contributed by atoms with Crippen molar-refractivity contribution in [2.24, 2.45) is 5.92 Å². The van der Waals surface area contributed by atoms with Crippen molar-refractivity contribution in [3.05, 3.63) is 35.4 Å². The van der Waals surface area contributed by atoms with Gasteiger partial charge in [0.15, 0.2) is 0 Å². The van der Waals surface area contributed by atoms with Crippen molar-refractivity contribution < 1.29 is 18.0 Å². The molecule has 1 aromatic carbocycles. The maximum Gasteiger partial charge on any atom is 0.416 e. The summed E-state index contributed by atoms with van der Waals surface area (Å²) < 4.78 is 37.8. The van der Waals surface area contributed by atoms with E-state index >= 15 is 0 Å². The molecule has 0 saturated carbocycles. The first-order chi connectivity index (χ1) is 11.3. The quantitative estimate of drug-likeness (QED) is 0.886. The molecule has 0 radical (unpaired) electrons. The zero-order valence-corrected chi connectivity index (χ0v) is 14.2.